The fourth-order valence-corrected chi connectivity index (χ4v) is 8.29. The van der Waals surface area contributed by atoms with Crippen molar-refractivity contribution in [3.63, 3.8) is 0 Å². The fraction of sp³-hybridized carbons (Fsp3) is 0.424. The highest BCUT2D eigenvalue weighted by atomic mass is 35.5. The smallest absolute Gasteiger partial charge is 0.387 e. The van der Waals surface area contributed by atoms with Gasteiger partial charge in [-0.2, -0.15) is 17.8 Å². The molecule has 2 aromatic carbocycles. The molecule has 264 valence electrons. The summed E-state index contributed by atoms with van der Waals surface area (Å²) in [6.45, 7) is -3.10. The van der Waals surface area contributed by atoms with E-state index in [1.807, 2.05) is 0 Å². The molecule has 1 saturated carbocycles. The molecule has 16 heteroatoms. The molecule has 1 aromatic heterocycles. The average molecular weight is 743 g/mol. The van der Waals surface area contributed by atoms with Crippen molar-refractivity contribution < 1.29 is 45.7 Å². The maximum Gasteiger partial charge on any atom is 0.387 e. The molecule has 2 aliphatic rings. The van der Waals surface area contributed by atoms with Gasteiger partial charge in [0.1, 0.15) is 22.2 Å². The zero-order chi connectivity index (χ0) is 35.5. The van der Waals surface area contributed by atoms with E-state index in [1.54, 1.807) is 14.1 Å². The third-order valence-electron chi connectivity index (χ3n) is 8.43. The number of aromatic nitrogens is 1. The van der Waals surface area contributed by atoms with E-state index in [0.717, 1.165) is 42.4 Å². The minimum atomic E-state index is -4.25. The van der Waals surface area contributed by atoms with Crippen molar-refractivity contribution in [3.05, 3.63) is 86.8 Å². The zero-order valence-electron chi connectivity index (χ0n) is 26.7. The van der Waals surface area contributed by atoms with Crippen LogP contribution in [0.25, 0.3) is 0 Å². The Balaban J connectivity index is 1.48. The molecule has 1 aliphatic heterocycles. The Morgan fingerprint density at radius 1 is 1.02 bits per heavy atom. The van der Waals surface area contributed by atoms with E-state index in [9.17, 15) is 32.0 Å². The molecule has 2 fully saturated rings. The predicted molar refractivity (Wildman–Crippen MR) is 175 cm³/mol. The molecule has 5 rings (SSSR count). The van der Waals surface area contributed by atoms with Crippen molar-refractivity contribution in [1.82, 2.24) is 9.21 Å². The summed E-state index contributed by atoms with van der Waals surface area (Å²) < 4.78 is 72.5. The molecule has 1 saturated heterocycles. The number of rotatable bonds is 12. The van der Waals surface area contributed by atoms with Crippen LogP contribution < -0.4 is 14.2 Å². The van der Waals surface area contributed by atoms with Crippen molar-refractivity contribution in [2.24, 2.45) is 0 Å². The second kappa shape index (κ2) is 15.4. The van der Waals surface area contributed by atoms with Crippen LogP contribution >= 0.6 is 23.2 Å². The lowest BCUT2D eigenvalue weighted by Crippen LogP contribution is -2.42. The summed E-state index contributed by atoms with van der Waals surface area (Å²) in [6, 6.07) is 8.48. The molecule has 49 heavy (non-hydrogen) atoms. The third kappa shape index (κ3) is 8.54. The van der Waals surface area contributed by atoms with Crippen LogP contribution in [0.5, 0.6) is 11.5 Å². The van der Waals surface area contributed by atoms with E-state index in [1.165, 1.54) is 47.4 Å². The first-order valence-corrected chi connectivity index (χ1v) is 17.8. The molecule has 3 aromatic rings. The molecule has 0 N–H and O–H groups in total. The van der Waals surface area contributed by atoms with Crippen LogP contribution in [-0.2, 0) is 26.0 Å². The Morgan fingerprint density at radius 2 is 1.71 bits per heavy atom. The summed E-state index contributed by atoms with van der Waals surface area (Å²) in [5.74, 6) is -1.45. The van der Waals surface area contributed by atoms with E-state index in [2.05, 4.69) is 0 Å². The Kier molecular flexibility index (Phi) is 11.5. The summed E-state index contributed by atoms with van der Waals surface area (Å²) in [5, 5.41) is 11.9. The van der Waals surface area contributed by atoms with Gasteiger partial charge in [-0.25, -0.2) is 8.42 Å². The number of halogens is 4. The van der Waals surface area contributed by atoms with Gasteiger partial charge in [0.25, 0.3) is 5.91 Å². The monoisotopic (exact) mass is 741 g/mol. The summed E-state index contributed by atoms with van der Waals surface area (Å²) in [6.07, 6.45) is 4.38. The maximum atomic E-state index is 13.9. The number of carbonyl (C=O) groups excluding carboxylic acids is 2. The second-order valence-electron chi connectivity index (χ2n) is 12.0. The van der Waals surface area contributed by atoms with Gasteiger partial charge in [-0.15, -0.1) is 0 Å². The third-order valence-corrected chi connectivity index (χ3v) is 11.0. The normalized spacial score (nSPS) is 17.7. The number of carbonyl (C=O) groups is 2. The highest BCUT2D eigenvalue weighted by Crippen LogP contribution is 2.39. The molecule has 1 aliphatic carbocycles. The molecule has 2 heterocycles. The predicted octanol–water partition coefficient (Wildman–Crippen LogP) is 5.93. The minimum Gasteiger partial charge on any atom is -0.619 e. The molecule has 0 spiro atoms. The van der Waals surface area contributed by atoms with E-state index < -0.39 is 34.7 Å². The van der Waals surface area contributed by atoms with E-state index in [4.69, 9.17) is 37.4 Å². The Bertz CT molecular complexity index is 1790. The molecule has 11 nitrogen and oxygen atoms in total. The van der Waals surface area contributed by atoms with Crippen molar-refractivity contribution in [1.29, 1.82) is 0 Å². The van der Waals surface area contributed by atoms with E-state index in [-0.39, 0.29) is 69.0 Å². The molecular formula is C33H35Cl2F2N3O8S. The van der Waals surface area contributed by atoms with Crippen LogP contribution in [0.2, 0.25) is 10.0 Å². The van der Waals surface area contributed by atoms with Gasteiger partial charge >= 0.3 is 12.6 Å². The van der Waals surface area contributed by atoms with Gasteiger partial charge in [-0.3, -0.25) is 9.59 Å². The van der Waals surface area contributed by atoms with E-state index >= 15 is 0 Å². The first-order chi connectivity index (χ1) is 23.2. The quantitative estimate of drug-likeness (QED) is 0.127. The number of esters is 1. The summed E-state index contributed by atoms with van der Waals surface area (Å²) in [5.41, 5.74) is 0.726. The first-order valence-electron chi connectivity index (χ1n) is 15.6. The Labute approximate surface area is 292 Å². The number of nitrogens with zero attached hydrogens (tertiary/aromatic N) is 3. The van der Waals surface area contributed by atoms with Crippen molar-refractivity contribution in [2.45, 2.75) is 74.7 Å². The summed E-state index contributed by atoms with van der Waals surface area (Å²) in [7, 11) is -1.16. The number of pyridine rings is 1. The van der Waals surface area contributed by atoms with Crippen LogP contribution in [0.15, 0.2) is 59.8 Å². The maximum absolute atomic E-state index is 13.9. The number of ether oxygens (including phenoxy) is 3. The number of sulfonamides is 1. The van der Waals surface area contributed by atoms with Crippen LogP contribution in [0, 0.1) is 5.21 Å². The highest BCUT2D eigenvalue weighted by Gasteiger charge is 2.42. The number of hydrogen-bond donors (Lipinski definition) is 0. The van der Waals surface area contributed by atoms with Gasteiger partial charge in [0.15, 0.2) is 23.9 Å². The van der Waals surface area contributed by atoms with Gasteiger partial charge in [-0.1, -0.05) is 35.3 Å². The molecule has 2 atom stereocenters. The first kappa shape index (κ1) is 36.6. The Hall–Kier alpha value is -3.72. The number of benzene rings is 2. The van der Waals surface area contributed by atoms with Gasteiger partial charge in [0, 0.05) is 38.2 Å². The van der Waals surface area contributed by atoms with Gasteiger partial charge in [0.2, 0.25) is 10.0 Å². The van der Waals surface area contributed by atoms with Crippen LogP contribution in [0.4, 0.5) is 8.78 Å². The SMILES string of the molecule is CN(C)C(=O)c1cccc(S(=O)(=O)N2CCCC2C(=O)OC(Cc2c(Cl)c[n+]([O-])cc2Cl)c2ccc(OC(F)F)c(OC3CCCC3)c2)c1. The van der Waals surface area contributed by atoms with Gasteiger partial charge in [-0.05, 0) is 74.4 Å². The number of alkyl halides is 2. The average Bonchev–Trinajstić information content (AvgIpc) is 3.76. The summed E-state index contributed by atoms with van der Waals surface area (Å²) in [4.78, 5) is 27.6. The Morgan fingerprint density at radius 3 is 2.37 bits per heavy atom. The number of hydrogen-bond acceptors (Lipinski definition) is 8. The van der Waals surface area contributed by atoms with Crippen LogP contribution in [-0.4, -0.2) is 68.9 Å². The lowest BCUT2D eigenvalue weighted by Gasteiger charge is -2.27. The van der Waals surface area contributed by atoms with E-state index in [0.29, 0.717) is 16.7 Å². The topological polar surface area (TPSA) is 129 Å². The largest absolute Gasteiger partial charge is 0.619 e. The molecule has 1 amide bonds. The van der Waals surface area contributed by atoms with Gasteiger partial charge in [0.05, 0.1) is 11.0 Å². The zero-order valence-corrected chi connectivity index (χ0v) is 29.0. The fourth-order valence-electron chi connectivity index (χ4n) is 6.00. The molecule has 2 unspecified atom stereocenters. The van der Waals surface area contributed by atoms with Crippen LogP contribution in [0.1, 0.15) is 66.1 Å². The minimum absolute atomic E-state index is 0.0131. The molecule has 0 radical (unpaired) electrons. The van der Waals surface area contributed by atoms with Gasteiger partial charge < -0.3 is 24.3 Å². The van der Waals surface area contributed by atoms with Crippen molar-refractivity contribution in [2.75, 3.05) is 20.6 Å². The lowest BCUT2D eigenvalue weighted by molar-refractivity contribution is -0.605. The van der Waals surface area contributed by atoms with Crippen molar-refractivity contribution >= 4 is 45.1 Å². The summed E-state index contributed by atoms with van der Waals surface area (Å²) >= 11 is 12.7. The highest BCUT2D eigenvalue weighted by molar-refractivity contribution is 7.89. The molecular weight excluding hydrogens is 707 g/mol. The number of amides is 1. The lowest BCUT2D eigenvalue weighted by atomic mass is 10.0. The standard InChI is InChI=1S/C33H35Cl2F2N3O8S/c1-38(2)31(41)21-7-5-10-23(15-21)49(44,45)40-14-6-11-27(40)32(42)47-29(17-24-25(34)18-39(43)19-26(24)35)20-12-13-28(48-33(36)37)30(16-20)46-22-8-3-4-9-22/h5,7,10,12-13,15-16,18-19,22,27,29,33H,3-4,6,8-9,11,14,17H2,1-2H3. The van der Waals surface area contributed by atoms with Crippen molar-refractivity contribution in [3.8, 4) is 11.5 Å². The molecule has 0 bridgehead atoms. The van der Waals surface area contributed by atoms with Crippen LogP contribution in [0.3, 0.4) is 0 Å². The second-order valence-corrected chi connectivity index (χ2v) is 14.7.